The Morgan fingerprint density at radius 3 is 0.923 bits per heavy atom. The molecule has 0 unspecified atom stereocenters. The van der Waals surface area contributed by atoms with Crippen molar-refractivity contribution >= 4 is 25.2 Å². The third-order valence-corrected chi connectivity index (χ3v) is 4.91. The van der Waals surface area contributed by atoms with E-state index < -0.39 is 43.9 Å². The zero-order valence-electron chi connectivity index (χ0n) is 17.4. The van der Waals surface area contributed by atoms with Gasteiger partial charge in [0.15, 0.2) is 17.3 Å². The average molecular weight is 392 g/mol. The largest absolute Gasteiger partial charge is 0.476 e. The average Bonchev–Trinajstić information content (AvgIpc) is 2.45. The van der Waals surface area contributed by atoms with Crippen LogP contribution in [-0.4, -0.2) is 37.2 Å². The molecular formula is C18H33O7P. The van der Waals surface area contributed by atoms with Crippen molar-refractivity contribution in [3.05, 3.63) is 0 Å². The standard InChI is InChI=1S/C18H33O7P/c1-16(2,3)13(19)10-23-26(22,24-11-14(20)17(4,5)6)25-12-15(21)18(7,8)9/h10-12H2,1-9H3. The summed E-state index contributed by atoms with van der Waals surface area (Å²) < 4.78 is 28.1. The van der Waals surface area contributed by atoms with Crippen LogP contribution < -0.4 is 0 Å². The molecule has 0 aliphatic carbocycles. The second-order valence-corrected chi connectivity index (χ2v) is 11.0. The SMILES string of the molecule is CC(C)(C)C(=O)COP(=O)(OCC(=O)C(C)(C)C)OCC(=O)C(C)(C)C. The number of ketones is 3. The summed E-state index contributed by atoms with van der Waals surface area (Å²) in [6.45, 7) is 13.7. The Labute approximate surface area is 156 Å². The fourth-order valence-corrected chi connectivity index (χ4v) is 2.22. The summed E-state index contributed by atoms with van der Waals surface area (Å²) in [7, 11) is -4.25. The molecule has 0 aliphatic heterocycles. The van der Waals surface area contributed by atoms with E-state index in [-0.39, 0.29) is 17.3 Å². The number of hydrogen-bond donors (Lipinski definition) is 0. The van der Waals surface area contributed by atoms with Crippen LogP contribution in [0.5, 0.6) is 0 Å². The summed E-state index contributed by atoms with van der Waals surface area (Å²) in [5, 5.41) is 0. The summed E-state index contributed by atoms with van der Waals surface area (Å²) in [4.78, 5) is 36.0. The van der Waals surface area contributed by atoms with Gasteiger partial charge in [-0.2, -0.15) is 0 Å². The highest BCUT2D eigenvalue weighted by molar-refractivity contribution is 7.48. The predicted molar refractivity (Wildman–Crippen MR) is 98.8 cm³/mol. The van der Waals surface area contributed by atoms with Crippen molar-refractivity contribution in [2.45, 2.75) is 62.3 Å². The topological polar surface area (TPSA) is 96.0 Å². The van der Waals surface area contributed by atoms with E-state index in [9.17, 15) is 18.9 Å². The van der Waals surface area contributed by atoms with Gasteiger partial charge in [0, 0.05) is 16.2 Å². The quantitative estimate of drug-likeness (QED) is 0.547. The Hall–Kier alpha value is -0.880. The maximum Gasteiger partial charge on any atom is 0.476 e. The van der Waals surface area contributed by atoms with E-state index in [0.717, 1.165) is 0 Å². The number of phosphoric acid groups is 1. The van der Waals surface area contributed by atoms with Crippen LogP contribution in [0.1, 0.15) is 62.3 Å². The molecule has 0 fully saturated rings. The van der Waals surface area contributed by atoms with E-state index in [2.05, 4.69) is 0 Å². The molecule has 0 bridgehead atoms. The second kappa shape index (κ2) is 8.87. The number of Topliss-reactive ketones (excluding diaryl/α,β-unsaturated/α-hetero) is 3. The van der Waals surface area contributed by atoms with Gasteiger partial charge in [-0.05, 0) is 0 Å². The number of carbonyl (C=O) groups excluding carboxylic acids is 3. The maximum absolute atomic E-state index is 12.8. The third kappa shape index (κ3) is 9.17. The summed E-state index contributed by atoms with van der Waals surface area (Å²) in [6.07, 6.45) is 0. The minimum absolute atomic E-state index is 0.311. The molecule has 0 N–H and O–H groups in total. The van der Waals surface area contributed by atoms with E-state index in [1.165, 1.54) is 0 Å². The molecule has 0 amide bonds. The van der Waals surface area contributed by atoms with Crippen LogP contribution >= 0.6 is 7.82 Å². The monoisotopic (exact) mass is 392 g/mol. The minimum Gasteiger partial charge on any atom is -0.296 e. The van der Waals surface area contributed by atoms with E-state index in [0.29, 0.717) is 0 Å². The van der Waals surface area contributed by atoms with E-state index in [1.54, 1.807) is 62.3 Å². The maximum atomic E-state index is 12.8. The van der Waals surface area contributed by atoms with Gasteiger partial charge in [0.05, 0.1) is 0 Å². The number of phosphoric ester groups is 1. The lowest BCUT2D eigenvalue weighted by atomic mass is 9.91. The molecular weight excluding hydrogens is 359 g/mol. The first-order chi connectivity index (χ1) is 11.4. The van der Waals surface area contributed by atoms with Crippen LogP contribution in [0.4, 0.5) is 0 Å². The van der Waals surface area contributed by atoms with Crippen LogP contribution in [0.15, 0.2) is 0 Å². The molecule has 26 heavy (non-hydrogen) atoms. The number of carbonyl (C=O) groups is 3. The van der Waals surface area contributed by atoms with Crippen LogP contribution in [0.2, 0.25) is 0 Å². The van der Waals surface area contributed by atoms with Gasteiger partial charge < -0.3 is 0 Å². The fourth-order valence-electron chi connectivity index (χ4n) is 1.17. The molecule has 0 radical (unpaired) electrons. The van der Waals surface area contributed by atoms with Gasteiger partial charge in [0.25, 0.3) is 0 Å². The Bertz CT molecular complexity index is 493. The predicted octanol–water partition coefficient (Wildman–Crippen LogP) is 3.99. The molecule has 8 heteroatoms. The van der Waals surface area contributed by atoms with Crippen LogP contribution in [-0.2, 0) is 32.5 Å². The van der Waals surface area contributed by atoms with Crippen LogP contribution in [0, 0.1) is 16.2 Å². The highest BCUT2D eigenvalue weighted by atomic mass is 31.2. The van der Waals surface area contributed by atoms with Crippen molar-refractivity contribution in [1.29, 1.82) is 0 Å². The van der Waals surface area contributed by atoms with Crippen LogP contribution in [0.3, 0.4) is 0 Å². The highest BCUT2D eigenvalue weighted by Crippen LogP contribution is 2.50. The zero-order chi connectivity index (χ0) is 21.0. The Morgan fingerprint density at radius 1 is 0.577 bits per heavy atom. The van der Waals surface area contributed by atoms with Crippen molar-refractivity contribution in [3.8, 4) is 0 Å². The molecule has 152 valence electrons. The van der Waals surface area contributed by atoms with Gasteiger partial charge in [-0.15, -0.1) is 0 Å². The summed E-state index contributed by atoms with van der Waals surface area (Å²) >= 11 is 0. The molecule has 0 aliphatic rings. The minimum atomic E-state index is -4.25. The lowest BCUT2D eigenvalue weighted by molar-refractivity contribution is -0.131. The van der Waals surface area contributed by atoms with Gasteiger partial charge in [0.1, 0.15) is 19.8 Å². The fraction of sp³-hybridized carbons (Fsp3) is 0.833. The molecule has 0 aromatic rings. The Balaban J connectivity index is 5.13. The first-order valence-corrected chi connectivity index (χ1v) is 9.98. The highest BCUT2D eigenvalue weighted by Gasteiger charge is 2.35. The first kappa shape index (κ1) is 25.1. The van der Waals surface area contributed by atoms with Gasteiger partial charge >= 0.3 is 7.82 Å². The van der Waals surface area contributed by atoms with Gasteiger partial charge in [-0.25, -0.2) is 4.57 Å². The molecule has 0 aromatic carbocycles. The molecule has 0 atom stereocenters. The molecule has 0 saturated carbocycles. The van der Waals surface area contributed by atoms with Crippen LogP contribution in [0.25, 0.3) is 0 Å². The van der Waals surface area contributed by atoms with E-state index in [1.807, 2.05) is 0 Å². The van der Waals surface area contributed by atoms with E-state index >= 15 is 0 Å². The Morgan fingerprint density at radius 2 is 0.769 bits per heavy atom. The lowest BCUT2D eigenvalue weighted by Crippen LogP contribution is -2.28. The summed E-state index contributed by atoms with van der Waals surface area (Å²) in [6, 6.07) is 0. The first-order valence-electron chi connectivity index (χ1n) is 8.52. The Kier molecular flexibility index (Phi) is 8.57. The lowest BCUT2D eigenvalue weighted by Gasteiger charge is -2.23. The summed E-state index contributed by atoms with van der Waals surface area (Å²) in [5.41, 5.74) is -2.10. The van der Waals surface area contributed by atoms with Crippen molar-refractivity contribution in [3.63, 3.8) is 0 Å². The van der Waals surface area contributed by atoms with Gasteiger partial charge in [-0.3, -0.25) is 28.0 Å². The molecule has 0 saturated heterocycles. The molecule has 0 spiro atoms. The summed E-state index contributed by atoms with van der Waals surface area (Å²) in [5.74, 6) is -0.933. The van der Waals surface area contributed by atoms with Gasteiger partial charge in [0.2, 0.25) is 0 Å². The van der Waals surface area contributed by atoms with Gasteiger partial charge in [-0.1, -0.05) is 62.3 Å². The van der Waals surface area contributed by atoms with E-state index in [4.69, 9.17) is 13.6 Å². The van der Waals surface area contributed by atoms with Crippen molar-refractivity contribution in [2.75, 3.05) is 19.8 Å². The third-order valence-electron chi connectivity index (χ3n) is 3.57. The molecule has 0 rings (SSSR count). The normalized spacial score (nSPS) is 13.6. The number of hydrogen-bond acceptors (Lipinski definition) is 7. The second-order valence-electron chi connectivity index (χ2n) is 9.29. The van der Waals surface area contributed by atoms with Crippen molar-refractivity contribution < 1.29 is 32.5 Å². The number of rotatable bonds is 9. The molecule has 0 aromatic heterocycles. The smallest absolute Gasteiger partial charge is 0.296 e. The molecule has 7 nitrogen and oxygen atoms in total. The zero-order valence-corrected chi connectivity index (χ0v) is 18.3. The van der Waals surface area contributed by atoms with Crippen molar-refractivity contribution in [2.24, 2.45) is 16.2 Å². The van der Waals surface area contributed by atoms with Crippen molar-refractivity contribution in [1.82, 2.24) is 0 Å². The molecule has 0 heterocycles.